The summed E-state index contributed by atoms with van der Waals surface area (Å²) in [5.74, 6) is -0.492. The van der Waals surface area contributed by atoms with Crippen molar-refractivity contribution in [2.45, 2.75) is 44.9 Å². The van der Waals surface area contributed by atoms with E-state index in [2.05, 4.69) is 6.07 Å². The van der Waals surface area contributed by atoms with Crippen LogP contribution in [-0.2, 0) is 25.5 Å². The maximum atomic E-state index is 11.7. The van der Waals surface area contributed by atoms with E-state index in [1.807, 2.05) is 24.3 Å². The normalized spacial score (nSPS) is 20.1. The van der Waals surface area contributed by atoms with Crippen molar-refractivity contribution in [3.63, 3.8) is 0 Å². The molecule has 1 heterocycles. The third-order valence-corrected chi connectivity index (χ3v) is 4.67. The second kappa shape index (κ2) is 8.49. The number of hydrogen-bond acceptors (Lipinski definition) is 5. The molecule has 0 spiro atoms. The SMILES string of the molecule is COC(=O)CC1(CCCCc2ccc(C#N)cc2)CCOC(=O)C1. The first-order chi connectivity index (χ1) is 11.6. The molecule has 5 nitrogen and oxygen atoms in total. The van der Waals surface area contributed by atoms with E-state index in [9.17, 15) is 9.59 Å². The van der Waals surface area contributed by atoms with Crippen molar-refractivity contribution in [2.75, 3.05) is 13.7 Å². The Morgan fingerprint density at radius 3 is 2.71 bits per heavy atom. The van der Waals surface area contributed by atoms with Crippen LogP contribution >= 0.6 is 0 Å². The van der Waals surface area contributed by atoms with Crippen molar-refractivity contribution >= 4 is 11.9 Å². The van der Waals surface area contributed by atoms with Gasteiger partial charge in [0.2, 0.25) is 0 Å². The Hall–Kier alpha value is -2.35. The van der Waals surface area contributed by atoms with Gasteiger partial charge in [-0.2, -0.15) is 5.26 Å². The standard InChI is InChI=1S/C19H23NO4/c1-23-17(21)12-19(10-11-24-18(22)13-19)9-3-2-4-15-5-7-16(14-20)8-6-15/h5-8H,2-4,9-13H2,1H3. The van der Waals surface area contributed by atoms with Crippen molar-refractivity contribution in [2.24, 2.45) is 5.41 Å². The highest BCUT2D eigenvalue weighted by molar-refractivity contribution is 5.74. The van der Waals surface area contributed by atoms with Crippen molar-refractivity contribution in [1.29, 1.82) is 5.26 Å². The minimum Gasteiger partial charge on any atom is -0.469 e. The molecule has 1 unspecified atom stereocenters. The van der Waals surface area contributed by atoms with Gasteiger partial charge in [-0.25, -0.2) is 0 Å². The summed E-state index contributed by atoms with van der Waals surface area (Å²) in [6.45, 7) is 0.380. The molecule has 0 aliphatic carbocycles. The predicted molar refractivity (Wildman–Crippen MR) is 88.0 cm³/mol. The van der Waals surface area contributed by atoms with Crippen LogP contribution in [0.5, 0.6) is 0 Å². The molecule has 1 atom stereocenters. The minimum absolute atomic E-state index is 0.225. The molecule has 2 rings (SSSR count). The maximum absolute atomic E-state index is 11.7. The molecule has 0 N–H and O–H groups in total. The van der Waals surface area contributed by atoms with Crippen LogP contribution in [0.1, 0.15) is 49.7 Å². The first kappa shape index (κ1) is 18.0. The quantitative estimate of drug-likeness (QED) is 0.567. The Morgan fingerprint density at radius 2 is 2.08 bits per heavy atom. The van der Waals surface area contributed by atoms with Crippen molar-refractivity contribution < 1.29 is 19.1 Å². The Kier molecular flexibility index (Phi) is 6.36. The molecule has 1 aliphatic heterocycles. The minimum atomic E-state index is -0.326. The predicted octanol–water partition coefficient (Wildman–Crippen LogP) is 3.16. The van der Waals surface area contributed by atoms with Gasteiger partial charge in [0.25, 0.3) is 0 Å². The van der Waals surface area contributed by atoms with Crippen LogP contribution in [0, 0.1) is 16.7 Å². The zero-order chi connectivity index (χ0) is 17.4. The van der Waals surface area contributed by atoms with Gasteiger partial charge < -0.3 is 9.47 Å². The van der Waals surface area contributed by atoms with Crippen LogP contribution in [0.25, 0.3) is 0 Å². The number of carbonyl (C=O) groups excluding carboxylic acids is 2. The monoisotopic (exact) mass is 329 g/mol. The Morgan fingerprint density at radius 1 is 1.33 bits per heavy atom. The number of unbranched alkanes of at least 4 members (excludes halogenated alkanes) is 1. The lowest BCUT2D eigenvalue weighted by molar-refractivity contribution is -0.157. The Bertz CT molecular complexity index is 617. The largest absolute Gasteiger partial charge is 0.469 e. The van der Waals surface area contributed by atoms with Gasteiger partial charge in [0.05, 0.1) is 38.2 Å². The van der Waals surface area contributed by atoms with E-state index in [1.165, 1.54) is 12.7 Å². The number of rotatable bonds is 7. The van der Waals surface area contributed by atoms with Gasteiger partial charge in [0, 0.05) is 0 Å². The molecule has 0 radical (unpaired) electrons. The molecule has 1 fully saturated rings. The van der Waals surface area contributed by atoms with Gasteiger partial charge in [-0.05, 0) is 48.8 Å². The van der Waals surface area contributed by atoms with Gasteiger partial charge in [-0.15, -0.1) is 0 Å². The van der Waals surface area contributed by atoms with E-state index in [4.69, 9.17) is 14.7 Å². The molecular formula is C19H23NO4. The number of nitriles is 1. The fourth-order valence-electron chi connectivity index (χ4n) is 3.23. The Labute approximate surface area is 142 Å². The third kappa shape index (κ3) is 5.09. The first-order valence-corrected chi connectivity index (χ1v) is 8.28. The summed E-state index contributed by atoms with van der Waals surface area (Å²) in [7, 11) is 1.38. The fourth-order valence-corrected chi connectivity index (χ4v) is 3.23. The topological polar surface area (TPSA) is 76.4 Å². The molecule has 1 aromatic rings. The number of esters is 2. The number of methoxy groups -OCH3 is 1. The lowest BCUT2D eigenvalue weighted by Crippen LogP contribution is -2.35. The zero-order valence-corrected chi connectivity index (χ0v) is 14.0. The molecule has 1 aliphatic rings. The first-order valence-electron chi connectivity index (χ1n) is 8.28. The highest BCUT2D eigenvalue weighted by atomic mass is 16.5. The van der Waals surface area contributed by atoms with E-state index >= 15 is 0 Å². The van der Waals surface area contributed by atoms with Crippen LogP contribution in [-0.4, -0.2) is 25.7 Å². The summed E-state index contributed by atoms with van der Waals surface area (Å²) < 4.78 is 9.82. The van der Waals surface area contributed by atoms with Gasteiger partial charge >= 0.3 is 11.9 Å². The smallest absolute Gasteiger partial charge is 0.306 e. The molecule has 0 bridgehead atoms. The molecule has 5 heteroatoms. The van der Waals surface area contributed by atoms with Crippen molar-refractivity contribution in [3.05, 3.63) is 35.4 Å². The number of benzene rings is 1. The highest BCUT2D eigenvalue weighted by Gasteiger charge is 2.38. The average Bonchev–Trinajstić information content (AvgIpc) is 2.59. The van der Waals surface area contributed by atoms with E-state index < -0.39 is 0 Å². The summed E-state index contributed by atoms with van der Waals surface area (Å²) in [6, 6.07) is 9.70. The lowest BCUT2D eigenvalue weighted by atomic mass is 9.73. The number of nitrogens with zero attached hydrogens (tertiary/aromatic N) is 1. The summed E-state index contributed by atoms with van der Waals surface area (Å²) in [5.41, 5.74) is 1.53. The van der Waals surface area contributed by atoms with Gasteiger partial charge in [0.1, 0.15) is 0 Å². The van der Waals surface area contributed by atoms with Crippen LogP contribution in [0.4, 0.5) is 0 Å². The summed E-state index contributed by atoms with van der Waals surface area (Å²) in [6.07, 6.45) is 4.92. The number of cyclic esters (lactones) is 1. The molecule has 128 valence electrons. The van der Waals surface area contributed by atoms with Crippen LogP contribution in [0.2, 0.25) is 0 Å². The second-order valence-corrected chi connectivity index (χ2v) is 6.42. The van der Waals surface area contributed by atoms with E-state index in [1.54, 1.807) is 0 Å². The fraction of sp³-hybridized carbons (Fsp3) is 0.526. The molecule has 0 saturated carbocycles. The number of ether oxygens (including phenoxy) is 2. The summed E-state index contributed by atoms with van der Waals surface area (Å²) >= 11 is 0. The van der Waals surface area contributed by atoms with Gasteiger partial charge in [-0.1, -0.05) is 18.6 Å². The molecule has 1 aromatic carbocycles. The van der Waals surface area contributed by atoms with Crippen molar-refractivity contribution in [3.8, 4) is 6.07 Å². The van der Waals surface area contributed by atoms with E-state index in [0.717, 1.165) is 25.7 Å². The molecule has 0 amide bonds. The van der Waals surface area contributed by atoms with Gasteiger partial charge in [0.15, 0.2) is 0 Å². The maximum Gasteiger partial charge on any atom is 0.306 e. The summed E-state index contributed by atoms with van der Waals surface area (Å²) in [4.78, 5) is 23.4. The van der Waals surface area contributed by atoms with Crippen LogP contribution < -0.4 is 0 Å². The third-order valence-electron chi connectivity index (χ3n) is 4.67. The number of carbonyl (C=O) groups is 2. The molecule has 1 saturated heterocycles. The summed E-state index contributed by atoms with van der Waals surface area (Å²) in [5, 5.41) is 8.80. The Balaban J connectivity index is 1.86. The van der Waals surface area contributed by atoms with E-state index in [0.29, 0.717) is 25.0 Å². The number of hydrogen-bond donors (Lipinski definition) is 0. The van der Waals surface area contributed by atoms with Gasteiger partial charge in [-0.3, -0.25) is 9.59 Å². The molecule has 0 aromatic heterocycles. The lowest BCUT2D eigenvalue weighted by Gasteiger charge is -2.35. The molecular weight excluding hydrogens is 306 g/mol. The number of aryl methyl sites for hydroxylation is 1. The molecule has 24 heavy (non-hydrogen) atoms. The zero-order valence-electron chi connectivity index (χ0n) is 14.0. The van der Waals surface area contributed by atoms with Crippen LogP contribution in [0.15, 0.2) is 24.3 Å². The van der Waals surface area contributed by atoms with Crippen molar-refractivity contribution in [1.82, 2.24) is 0 Å². The average molecular weight is 329 g/mol. The highest BCUT2D eigenvalue weighted by Crippen LogP contribution is 2.40. The van der Waals surface area contributed by atoms with E-state index in [-0.39, 0.29) is 23.8 Å². The second-order valence-electron chi connectivity index (χ2n) is 6.42. The van der Waals surface area contributed by atoms with Crippen LogP contribution in [0.3, 0.4) is 0 Å².